The predicted molar refractivity (Wildman–Crippen MR) is 95.8 cm³/mol. The Morgan fingerprint density at radius 2 is 1.90 bits per heavy atom. The summed E-state index contributed by atoms with van der Waals surface area (Å²) in [5.41, 5.74) is 8.53. The van der Waals surface area contributed by atoms with Crippen molar-refractivity contribution < 1.29 is 0 Å². The maximum atomic E-state index is 5.99. The van der Waals surface area contributed by atoms with Crippen LogP contribution in [0.5, 0.6) is 0 Å². The zero-order valence-electron chi connectivity index (χ0n) is 13.6. The first-order valence-electron chi connectivity index (χ1n) is 8.30. The predicted octanol–water partition coefficient (Wildman–Crippen LogP) is 5.26. The summed E-state index contributed by atoms with van der Waals surface area (Å²) in [6, 6.07) is 7.42. The van der Waals surface area contributed by atoms with Crippen LogP contribution < -0.4 is 10.6 Å². The first-order chi connectivity index (χ1) is 9.99. The molecule has 0 aliphatic heterocycles. The second kappa shape index (κ2) is 7.64. The van der Waals surface area contributed by atoms with Gasteiger partial charge in [0.1, 0.15) is 0 Å². The molecule has 0 amide bonds. The average molecular weight is 353 g/mol. The Morgan fingerprint density at radius 1 is 1.24 bits per heavy atom. The molecule has 1 atom stereocenters. The van der Waals surface area contributed by atoms with Crippen LogP contribution in [0.2, 0.25) is 0 Å². The van der Waals surface area contributed by atoms with Gasteiger partial charge in [-0.15, -0.1) is 0 Å². The van der Waals surface area contributed by atoms with Crippen molar-refractivity contribution in [2.75, 3.05) is 11.4 Å². The van der Waals surface area contributed by atoms with E-state index in [9.17, 15) is 0 Å². The minimum Gasteiger partial charge on any atom is -0.368 e. The van der Waals surface area contributed by atoms with Crippen molar-refractivity contribution in [1.29, 1.82) is 0 Å². The first kappa shape index (κ1) is 16.8. The van der Waals surface area contributed by atoms with Gasteiger partial charge in [0.15, 0.2) is 0 Å². The maximum Gasteiger partial charge on any atom is 0.0513 e. The topological polar surface area (TPSA) is 29.3 Å². The Hall–Kier alpha value is -0.540. The summed E-state index contributed by atoms with van der Waals surface area (Å²) in [5.74, 6) is 0.746. The average Bonchev–Trinajstić information content (AvgIpc) is 2.94. The highest BCUT2D eigenvalue weighted by atomic mass is 79.9. The molecule has 0 radical (unpaired) electrons. The molecule has 0 heterocycles. The molecular weight excluding hydrogens is 324 g/mol. The maximum absolute atomic E-state index is 5.99. The summed E-state index contributed by atoms with van der Waals surface area (Å²) >= 11 is 3.77. The van der Waals surface area contributed by atoms with E-state index >= 15 is 0 Å². The van der Waals surface area contributed by atoms with E-state index in [0.717, 1.165) is 12.5 Å². The lowest BCUT2D eigenvalue weighted by Gasteiger charge is -2.33. The molecule has 1 fully saturated rings. The van der Waals surface area contributed by atoms with Crippen molar-refractivity contribution in [1.82, 2.24) is 0 Å². The van der Waals surface area contributed by atoms with Crippen molar-refractivity contribution >= 4 is 21.6 Å². The van der Waals surface area contributed by atoms with Crippen LogP contribution in [0.15, 0.2) is 22.7 Å². The molecule has 1 aromatic rings. The summed E-state index contributed by atoms with van der Waals surface area (Å²) in [7, 11) is 0. The lowest BCUT2D eigenvalue weighted by atomic mass is 10.1. The fourth-order valence-electron chi connectivity index (χ4n) is 3.15. The third-order valence-corrected chi connectivity index (χ3v) is 5.15. The van der Waals surface area contributed by atoms with Crippen LogP contribution in [-0.2, 0) is 0 Å². The number of halogens is 1. The summed E-state index contributed by atoms with van der Waals surface area (Å²) in [5, 5.41) is 0. The van der Waals surface area contributed by atoms with E-state index < -0.39 is 0 Å². The van der Waals surface area contributed by atoms with Gasteiger partial charge in [-0.2, -0.15) is 0 Å². The number of nitrogens with two attached hydrogens (primary N) is 1. The van der Waals surface area contributed by atoms with Gasteiger partial charge in [-0.3, -0.25) is 0 Å². The minimum atomic E-state index is 0.0888. The number of rotatable bonds is 6. The molecule has 3 heteroatoms. The third kappa shape index (κ3) is 4.46. The van der Waals surface area contributed by atoms with E-state index in [-0.39, 0.29) is 6.04 Å². The van der Waals surface area contributed by atoms with Crippen molar-refractivity contribution in [2.45, 2.75) is 65.0 Å². The van der Waals surface area contributed by atoms with Gasteiger partial charge < -0.3 is 10.6 Å². The second-order valence-corrected chi connectivity index (χ2v) is 7.67. The number of nitrogens with zero attached hydrogens (tertiary/aromatic N) is 1. The molecular formula is C18H29BrN2. The molecule has 2 nitrogen and oxygen atoms in total. The molecule has 2 N–H and O–H groups in total. The highest BCUT2D eigenvalue weighted by Gasteiger charge is 2.24. The van der Waals surface area contributed by atoms with Crippen LogP contribution in [-0.4, -0.2) is 12.6 Å². The summed E-state index contributed by atoms with van der Waals surface area (Å²) < 4.78 is 1.19. The highest BCUT2D eigenvalue weighted by molar-refractivity contribution is 9.10. The van der Waals surface area contributed by atoms with Crippen LogP contribution in [0, 0.1) is 5.92 Å². The fraction of sp³-hybridized carbons (Fsp3) is 0.667. The van der Waals surface area contributed by atoms with Gasteiger partial charge in [0.25, 0.3) is 0 Å². The number of hydrogen-bond acceptors (Lipinski definition) is 2. The molecule has 0 bridgehead atoms. The van der Waals surface area contributed by atoms with Gasteiger partial charge >= 0.3 is 0 Å². The van der Waals surface area contributed by atoms with Crippen LogP contribution in [0.1, 0.15) is 64.5 Å². The molecule has 2 rings (SSSR count). The Morgan fingerprint density at radius 3 is 2.43 bits per heavy atom. The Kier molecular flexibility index (Phi) is 6.12. The molecule has 1 aliphatic carbocycles. The summed E-state index contributed by atoms with van der Waals surface area (Å²) in [6.07, 6.45) is 6.66. The largest absolute Gasteiger partial charge is 0.368 e. The highest BCUT2D eigenvalue weighted by Crippen LogP contribution is 2.35. The lowest BCUT2D eigenvalue weighted by molar-refractivity contribution is 0.528. The van der Waals surface area contributed by atoms with E-state index in [2.05, 4.69) is 52.9 Å². The monoisotopic (exact) mass is 352 g/mol. The SMILES string of the molecule is CC(C)CCN(c1ccc([C@H](C)N)cc1Br)C1CCCC1. The van der Waals surface area contributed by atoms with Gasteiger partial charge in [0.05, 0.1) is 5.69 Å². The van der Waals surface area contributed by atoms with Crippen LogP contribution in [0.3, 0.4) is 0 Å². The molecule has 21 heavy (non-hydrogen) atoms. The normalized spacial score (nSPS) is 17.4. The number of benzene rings is 1. The van der Waals surface area contributed by atoms with Crippen LogP contribution >= 0.6 is 15.9 Å². The molecule has 118 valence electrons. The fourth-order valence-corrected chi connectivity index (χ4v) is 3.78. The standard InChI is InChI=1S/C18H29BrN2/c1-13(2)10-11-21(16-6-4-5-7-16)18-9-8-15(14(3)20)12-17(18)19/h8-9,12-14,16H,4-7,10-11,20H2,1-3H3/t14-/m0/s1. The molecule has 1 aromatic carbocycles. The third-order valence-electron chi connectivity index (χ3n) is 4.52. The Bertz CT molecular complexity index is 451. The Balaban J connectivity index is 2.22. The minimum absolute atomic E-state index is 0.0888. The first-order valence-corrected chi connectivity index (χ1v) is 9.10. The zero-order chi connectivity index (χ0) is 15.4. The van der Waals surface area contributed by atoms with Crippen LogP contribution in [0.25, 0.3) is 0 Å². The number of anilines is 1. The van der Waals surface area contributed by atoms with Gasteiger partial charge in [-0.05, 0) is 65.7 Å². The van der Waals surface area contributed by atoms with Gasteiger partial charge in [-0.25, -0.2) is 0 Å². The van der Waals surface area contributed by atoms with Crippen LogP contribution in [0.4, 0.5) is 5.69 Å². The van der Waals surface area contributed by atoms with Gasteiger partial charge in [0.2, 0.25) is 0 Å². The van der Waals surface area contributed by atoms with E-state index in [1.165, 1.54) is 47.8 Å². The van der Waals surface area contributed by atoms with Crippen molar-refractivity contribution in [3.05, 3.63) is 28.2 Å². The molecule has 0 spiro atoms. The van der Waals surface area contributed by atoms with E-state index in [1.807, 2.05) is 6.92 Å². The molecule has 0 saturated heterocycles. The lowest BCUT2D eigenvalue weighted by Crippen LogP contribution is -2.35. The van der Waals surface area contributed by atoms with Crippen molar-refractivity contribution in [3.63, 3.8) is 0 Å². The van der Waals surface area contributed by atoms with Crippen molar-refractivity contribution in [3.8, 4) is 0 Å². The van der Waals surface area contributed by atoms with Gasteiger partial charge in [0, 0.05) is 23.1 Å². The van der Waals surface area contributed by atoms with Gasteiger partial charge in [-0.1, -0.05) is 32.8 Å². The second-order valence-electron chi connectivity index (χ2n) is 6.81. The van der Waals surface area contributed by atoms with E-state index in [4.69, 9.17) is 5.73 Å². The quantitative estimate of drug-likeness (QED) is 0.755. The molecule has 1 aliphatic rings. The molecule has 0 unspecified atom stereocenters. The zero-order valence-corrected chi connectivity index (χ0v) is 15.2. The molecule has 0 aromatic heterocycles. The Labute approximate surface area is 138 Å². The molecule has 1 saturated carbocycles. The smallest absolute Gasteiger partial charge is 0.0513 e. The van der Waals surface area contributed by atoms with E-state index in [0.29, 0.717) is 6.04 Å². The van der Waals surface area contributed by atoms with Crippen molar-refractivity contribution in [2.24, 2.45) is 11.7 Å². The summed E-state index contributed by atoms with van der Waals surface area (Å²) in [6.45, 7) is 7.80. The van der Waals surface area contributed by atoms with E-state index in [1.54, 1.807) is 0 Å². The number of hydrogen-bond donors (Lipinski definition) is 1. The summed E-state index contributed by atoms with van der Waals surface area (Å²) in [4.78, 5) is 2.63.